The SMILES string of the molecule is CC(C)C(=O)NC1CCCN(C(=O)C2CCN(C(=O)c3ccc(Br)cc3)CC2)C1. The van der Waals surface area contributed by atoms with Crippen molar-refractivity contribution >= 4 is 33.7 Å². The minimum absolute atomic E-state index is 0.0258. The largest absolute Gasteiger partial charge is 0.351 e. The van der Waals surface area contributed by atoms with Gasteiger partial charge in [0.1, 0.15) is 0 Å². The number of hydrogen-bond donors (Lipinski definition) is 1. The van der Waals surface area contributed by atoms with Crippen LogP contribution in [-0.2, 0) is 9.59 Å². The third-order valence-electron chi connectivity index (χ3n) is 5.83. The summed E-state index contributed by atoms with van der Waals surface area (Å²) >= 11 is 3.39. The number of hydrogen-bond acceptors (Lipinski definition) is 3. The fraction of sp³-hybridized carbons (Fsp3) is 0.591. The summed E-state index contributed by atoms with van der Waals surface area (Å²) in [6, 6.07) is 7.43. The molecule has 0 spiro atoms. The molecule has 3 amide bonds. The molecule has 3 rings (SSSR count). The Morgan fingerprint density at radius 2 is 1.66 bits per heavy atom. The Morgan fingerprint density at radius 1 is 1.00 bits per heavy atom. The fourth-order valence-corrected chi connectivity index (χ4v) is 4.29. The number of nitrogens with one attached hydrogen (secondary N) is 1. The normalized spacial score (nSPS) is 20.6. The van der Waals surface area contributed by atoms with Crippen LogP contribution in [-0.4, -0.2) is 59.7 Å². The molecule has 2 aliphatic heterocycles. The molecule has 2 saturated heterocycles. The summed E-state index contributed by atoms with van der Waals surface area (Å²) in [6.07, 6.45) is 3.22. The van der Waals surface area contributed by atoms with Gasteiger partial charge in [-0.15, -0.1) is 0 Å². The third kappa shape index (κ3) is 5.59. The van der Waals surface area contributed by atoms with Gasteiger partial charge in [0.2, 0.25) is 11.8 Å². The molecule has 1 atom stereocenters. The summed E-state index contributed by atoms with van der Waals surface area (Å²) in [5, 5.41) is 3.06. The fourth-order valence-electron chi connectivity index (χ4n) is 4.03. The van der Waals surface area contributed by atoms with Crippen LogP contribution in [0.15, 0.2) is 28.7 Å². The lowest BCUT2D eigenvalue weighted by atomic mass is 9.93. The second kappa shape index (κ2) is 9.74. The summed E-state index contributed by atoms with van der Waals surface area (Å²) in [6.45, 7) is 6.31. The molecule has 29 heavy (non-hydrogen) atoms. The van der Waals surface area contributed by atoms with E-state index < -0.39 is 0 Å². The molecule has 1 aromatic carbocycles. The smallest absolute Gasteiger partial charge is 0.253 e. The van der Waals surface area contributed by atoms with E-state index in [2.05, 4.69) is 21.2 Å². The van der Waals surface area contributed by atoms with Crippen molar-refractivity contribution in [1.82, 2.24) is 15.1 Å². The third-order valence-corrected chi connectivity index (χ3v) is 6.36. The molecule has 2 heterocycles. The van der Waals surface area contributed by atoms with Crippen molar-refractivity contribution in [3.8, 4) is 0 Å². The number of carbonyl (C=O) groups excluding carboxylic acids is 3. The Kier molecular flexibility index (Phi) is 7.33. The molecular formula is C22H30BrN3O3. The van der Waals surface area contributed by atoms with Gasteiger partial charge >= 0.3 is 0 Å². The van der Waals surface area contributed by atoms with Crippen LogP contribution < -0.4 is 5.32 Å². The number of halogens is 1. The van der Waals surface area contributed by atoms with Gasteiger partial charge in [0.05, 0.1) is 0 Å². The van der Waals surface area contributed by atoms with Gasteiger partial charge in [0, 0.05) is 54.1 Å². The highest BCUT2D eigenvalue weighted by Gasteiger charge is 2.33. The van der Waals surface area contributed by atoms with E-state index in [0.717, 1.165) is 23.9 Å². The number of rotatable bonds is 4. The first-order valence-corrected chi connectivity index (χ1v) is 11.3. The Hall–Kier alpha value is -1.89. The molecule has 2 aliphatic rings. The maximum atomic E-state index is 13.0. The number of nitrogens with zero attached hydrogens (tertiary/aromatic N) is 2. The van der Waals surface area contributed by atoms with Crippen molar-refractivity contribution in [2.45, 2.75) is 45.6 Å². The molecule has 7 heteroatoms. The van der Waals surface area contributed by atoms with E-state index in [1.54, 1.807) is 0 Å². The van der Waals surface area contributed by atoms with Crippen LogP contribution in [0.3, 0.4) is 0 Å². The van der Waals surface area contributed by atoms with E-state index in [1.165, 1.54) is 0 Å². The monoisotopic (exact) mass is 463 g/mol. The number of carbonyl (C=O) groups is 3. The first kappa shape index (κ1) is 21.8. The zero-order valence-corrected chi connectivity index (χ0v) is 18.8. The van der Waals surface area contributed by atoms with Crippen molar-refractivity contribution in [3.63, 3.8) is 0 Å². The highest BCUT2D eigenvalue weighted by molar-refractivity contribution is 9.10. The number of likely N-dealkylation sites (tertiary alicyclic amines) is 2. The molecule has 2 fully saturated rings. The Morgan fingerprint density at radius 3 is 2.28 bits per heavy atom. The zero-order valence-electron chi connectivity index (χ0n) is 17.2. The van der Waals surface area contributed by atoms with Gasteiger partial charge in [0.25, 0.3) is 5.91 Å². The first-order chi connectivity index (χ1) is 13.8. The van der Waals surface area contributed by atoms with Crippen LogP contribution in [0.5, 0.6) is 0 Å². The quantitative estimate of drug-likeness (QED) is 0.745. The van der Waals surface area contributed by atoms with Gasteiger partial charge in [-0.3, -0.25) is 14.4 Å². The minimum atomic E-state index is -0.0475. The average molecular weight is 464 g/mol. The van der Waals surface area contributed by atoms with E-state index in [1.807, 2.05) is 47.9 Å². The van der Waals surface area contributed by atoms with Crippen molar-refractivity contribution in [2.24, 2.45) is 11.8 Å². The Labute approximate surface area is 181 Å². The number of piperidine rings is 2. The van der Waals surface area contributed by atoms with Crippen LogP contribution in [0.25, 0.3) is 0 Å². The first-order valence-electron chi connectivity index (χ1n) is 10.5. The van der Waals surface area contributed by atoms with E-state index in [0.29, 0.717) is 38.0 Å². The van der Waals surface area contributed by atoms with Gasteiger partial charge in [-0.1, -0.05) is 29.8 Å². The van der Waals surface area contributed by atoms with Crippen LogP contribution in [0.1, 0.15) is 49.9 Å². The lowest BCUT2D eigenvalue weighted by molar-refractivity contribution is -0.139. The lowest BCUT2D eigenvalue weighted by Crippen LogP contribution is -2.52. The van der Waals surface area contributed by atoms with E-state index in [9.17, 15) is 14.4 Å². The molecule has 1 N–H and O–H groups in total. The van der Waals surface area contributed by atoms with E-state index in [-0.39, 0.29) is 35.6 Å². The van der Waals surface area contributed by atoms with Crippen molar-refractivity contribution < 1.29 is 14.4 Å². The molecule has 6 nitrogen and oxygen atoms in total. The van der Waals surface area contributed by atoms with Gasteiger partial charge in [-0.25, -0.2) is 0 Å². The molecule has 0 aromatic heterocycles. The molecule has 0 bridgehead atoms. The topological polar surface area (TPSA) is 69.7 Å². The molecule has 1 unspecified atom stereocenters. The van der Waals surface area contributed by atoms with Crippen LogP contribution in [0.2, 0.25) is 0 Å². The minimum Gasteiger partial charge on any atom is -0.351 e. The highest BCUT2D eigenvalue weighted by Crippen LogP contribution is 2.23. The summed E-state index contributed by atoms with van der Waals surface area (Å²) in [5.41, 5.74) is 0.678. The highest BCUT2D eigenvalue weighted by atomic mass is 79.9. The van der Waals surface area contributed by atoms with Crippen molar-refractivity contribution in [3.05, 3.63) is 34.3 Å². The van der Waals surface area contributed by atoms with Gasteiger partial charge in [-0.05, 0) is 49.9 Å². The van der Waals surface area contributed by atoms with Gasteiger partial charge < -0.3 is 15.1 Å². The maximum Gasteiger partial charge on any atom is 0.253 e. The second-order valence-electron chi connectivity index (χ2n) is 8.36. The Balaban J connectivity index is 1.51. The standard InChI is InChI=1S/C22H30BrN3O3/c1-15(2)20(27)24-19-4-3-11-26(14-19)22(29)17-9-12-25(13-10-17)21(28)16-5-7-18(23)8-6-16/h5-8,15,17,19H,3-4,9-14H2,1-2H3,(H,24,27). The molecule has 158 valence electrons. The molecule has 0 saturated carbocycles. The second-order valence-corrected chi connectivity index (χ2v) is 9.28. The lowest BCUT2D eigenvalue weighted by Gasteiger charge is -2.38. The summed E-state index contributed by atoms with van der Waals surface area (Å²) in [7, 11) is 0. The van der Waals surface area contributed by atoms with Gasteiger partial charge in [0.15, 0.2) is 0 Å². The predicted octanol–water partition coefficient (Wildman–Crippen LogP) is 3.06. The van der Waals surface area contributed by atoms with E-state index in [4.69, 9.17) is 0 Å². The predicted molar refractivity (Wildman–Crippen MR) is 115 cm³/mol. The van der Waals surface area contributed by atoms with Crippen LogP contribution in [0.4, 0.5) is 0 Å². The van der Waals surface area contributed by atoms with Gasteiger partial charge in [-0.2, -0.15) is 0 Å². The average Bonchev–Trinajstić information content (AvgIpc) is 2.73. The molecule has 0 radical (unpaired) electrons. The summed E-state index contributed by atoms with van der Waals surface area (Å²) < 4.78 is 0.947. The number of benzene rings is 1. The molecule has 0 aliphatic carbocycles. The van der Waals surface area contributed by atoms with Crippen molar-refractivity contribution in [2.75, 3.05) is 26.2 Å². The Bertz CT molecular complexity index is 742. The summed E-state index contributed by atoms with van der Waals surface area (Å²) in [5.74, 6) is 0.156. The summed E-state index contributed by atoms with van der Waals surface area (Å²) in [4.78, 5) is 41.4. The molecule has 1 aromatic rings. The van der Waals surface area contributed by atoms with Crippen molar-refractivity contribution in [1.29, 1.82) is 0 Å². The maximum absolute atomic E-state index is 13.0. The van der Waals surface area contributed by atoms with Crippen LogP contribution in [0, 0.1) is 11.8 Å². The number of amides is 3. The zero-order chi connectivity index (χ0) is 21.0. The molecular weight excluding hydrogens is 434 g/mol. The van der Waals surface area contributed by atoms with E-state index >= 15 is 0 Å². The van der Waals surface area contributed by atoms with Crippen LogP contribution >= 0.6 is 15.9 Å².